The molecule has 0 N–H and O–H groups in total. The van der Waals surface area contributed by atoms with Gasteiger partial charge in [0.1, 0.15) is 11.8 Å². The first-order valence-electron chi connectivity index (χ1n) is 4.84. The molecule has 2 aromatic heterocycles. The van der Waals surface area contributed by atoms with Crippen molar-refractivity contribution >= 4 is 17.3 Å². The first kappa shape index (κ1) is 10.9. The Morgan fingerprint density at radius 3 is 3.06 bits per heavy atom. The number of esters is 1. The van der Waals surface area contributed by atoms with Crippen molar-refractivity contribution in [2.24, 2.45) is 0 Å². The number of nitrogens with zero attached hydrogens (tertiary/aromatic N) is 1. The van der Waals surface area contributed by atoms with E-state index < -0.39 is 0 Å². The highest BCUT2D eigenvalue weighted by Crippen LogP contribution is 2.27. The minimum absolute atomic E-state index is 0.326. The van der Waals surface area contributed by atoms with E-state index in [9.17, 15) is 4.79 Å². The molecule has 0 fully saturated rings. The minimum Gasteiger partial charge on any atom is -0.456 e. The van der Waals surface area contributed by atoms with Crippen LogP contribution in [0.15, 0.2) is 28.1 Å². The van der Waals surface area contributed by atoms with Gasteiger partial charge < -0.3 is 9.26 Å². The van der Waals surface area contributed by atoms with E-state index in [0.29, 0.717) is 11.5 Å². The largest absolute Gasteiger partial charge is 0.456 e. The lowest BCUT2D eigenvalue weighted by Gasteiger charge is -2.06. The number of hydrogen-bond acceptors (Lipinski definition) is 5. The third kappa shape index (κ3) is 2.30. The Morgan fingerprint density at radius 2 is 2.44 bits per heavy atom. The molecule has 0 aliphatic heterocycles. The van der Waals surface area contributed by atoms with Crippen molar-refractivity contribution in [3.8, 4) is 10.6 Å². The van der Waals surface area contributed by atoms with Crippen molar-refractivity contribution < 1.29 is 14.1 Å². The van der Waals surface area contributed by atoms with E-state index in [-0.39, 0.29) is 12.1 Å². The van der Waals surface area contributed by atoms with Crippen LogP contribution < -0.4 is 0 Å². The Balaban J connectivity index is 2.16. The minimum atomic E-state index is -0.380. The van der Waals surface area contributed by atoms with Crippen LogP contribution in [0.5, 0.6) is 0 Å². The predicted molar refractivity (Wildman–Crippen MR) is 60.0 cm³/mol. The molecule has 4 nitrogen and oxygen atoms in total. The molecule has 0 spiro atoms. The van der Waals surface area contributed by atoms with Crippen LogP contribution in [0.1, 0.15) is 25.6 Å². The Hall–Kier alpha value is -1.62. The topological polar surface area (TPSA) is 52.3 Å². The average Bonchev–Trinajstić information content (AvgIpc) is 2.87. The maximum absolute atomic E-state index is 10.8. The fraction of sp³-hybridized carbons (Fsp3) is 0.273. The van der Waals surface area contributed by atoms with Crippen LogP contribution in [0.3, 0.4) is 0 Å². The first-order valence-corrected chi connectivity index (χ1v) is 5.72. The summed E-state index contributed by atoms with van der Waals surface area (Å²) in [5, 5.41) is 5.84. The van der Waals surface area contributed by atoms with Crippen LogP contribution in [-0.2, 0) is 9.53 Å². The van der Waals surface area contributed by atoms with Crippen LogP contribution in [-0.4, -0.2) is 11.1 Å². The lowest BCUT2D eigenvalue weighted by Crippen LogP contribution is -2.04. The zero-order valence-corrected chi connectivity index (χ0v) is 9.78. The normalized spacial score (nSPS) is 12.4. The first-order chi connectivity index (χ1) is 7.66. The molecule has 0 saturated carbocycles. The maximum Gasteiger partial charge on any atom is 0.303 e. The Kier molecular flexibility index (Phi) is 3.05. The third-order valence-corrected chi connectivity index (χ3v) is 2.94. The highest BCUT2D eigenvalue weighted by molar-refractivity contribution is 7.13. The van der Waals surface area contributed by atoms with Crippen LogP contribution >= 0.6 is 11.3 Å². The van der Waals surface area contributed by atoms with E-state index in [1.165, 1.54) is 6.92 Å². The van der Waals surface area contributed by atoms with Gasteiger partial charge in [-0.3, -0.25) is 4.79 Å². The third-order valence-electron chi connectivity index (χ3n) is 2.05. The lowest BCUT2D eigenvalue weighted by atomic mass is 10.2. The van der Waals surface area contributed by atoms with E-state index >= 15 is 0 Å². The lowest BCUT2D eigenvalue weighted by molar-refractivity contribution is -0.146. The monoisotopic (exact) mass is 237 g/mol. The standard InChI is InChI=1S/C11H11NO3S/c1-7(14-8(2)13)9-6-10(15-12-9)11-4-3-5-16-11/h3-7H,1-2H3/t7-/m1/s1. The predicted octanol–water partition coefficient (Wildman–Crippen LogP) is 3.03. The summed E-state index contributed by atoms with van der Waals surface area (Å²) in [5.74, 6) is 0.372. The van der Waals surface area contributed by atoms with E-state index in [1.807, 2.05) is 17.5 Å². The molecule has 1 atom stereocenters. The van der Waals surface area contributed by atoms with Gasteiger partial charge in [-0.05, 0) is 18.4 Å². The summed E-state index contributed by atoms with van der Waals surface area (Å²) in [6.45, 7) is 3.13. The van der Waals surface area contributed by atoms with Gasteiger partial charge in [0.05, 0.1) is 4.88 Å². The Morgan fingerprint density at radius 1 is 1.62 bits per heavy atom. The van der Waals surface area contributed by atoms with Crippen molar-refractivity contribution in [1.29, 1.82) is 0 Å². The van der Waals surface area contributed by atoms with Gasteiger partial charge in [-0.25, -0.2) is 0 Å². The molecule has 0 radical (unpaired) electrons. The highest BCUT2D eigenvalue weighted by Gasteiger charge is 2.15. The van der Waals surface area contributed by atoms with Crippen molar-refractivity contribution in [2.45, 2.75) is 20.0 Å². The van der Waals surface area contributed by atoms with Gasteiger partial charge >= 0.3 is 5.97 Å². The second-order valence-electron chi connectivity index (χ2n) is 3.34. The van der Waals surface area contributed by atoms with Gasteiger partial charge in [-0.15, -0.1) is 11.3 Å². The molecule has 84 valence electrons. The van der Waals surface area contributed by atoms with Crippen molar-refractivity contribution in [2.75, 3.05) is 0 Å². The summed E-state index contributed by atoms with van der Waals surface area (Å²) in [7, 11) is 0. The van der Waals surface area contributed by atoms with Crippen LogP contribution in [0.4, 0.5) is 0 Å². The van der Waals surface area contributed by atoms with E-state index in [0.717, 1.165) is 4.88 Å². The van der Waals surface area contributed by atoms with Gasteiger partial charge in [-0.1, -0.05) is 11.2 Å². The fourth-order valence-electron chi connectivity index (χ4n) is 1.32. The second kappa shape index (κ2) is 4.49. The van der Waals surface area contributed by atoms with Crippen LogP contribution in [0.25, 0.3) is 10.6 Å². The molecule has 16 heavy (non-hydrogen) atoms. The molecule has 0 amide bonds. The molecular formula is C11H11NO3S. The molecular weight excluding hydrogens is 226 g/mol. The van der Waals surface area contributed by atoms with E-state index in [2.05, 4.69) is 5.16 Å². The zero-order valence-electron chi connectivity index (χ0n) is 8.97. The summed E-state index contributed by atoms with van der Waals surface area (Å²) in [6, 6.07) is 5.68. The van der Waals surface area contributed by atoms with Gasteiger partial charge in [0, 0.05) is 13.0 Å². The molecule has 0 saturated heterocycles. The molecule has 2 rings (SSSR count). The van der Waals surface area contributed by atoms with Gasteiger partial charge in [0.25, 0.3) is 0 Å². The summed E-state index contributed by atoms with van der Waals surface area (Å²) in [5.41, 5.74) is 0.624. The molecule has 2 heterocycles. The molecule has 0 aromatic carbocycles. The summed E-state index contributed by atoms with van der Waals surface area (Å²) < 4.78 is 10.2. The number of rotatable bonds is 3. The van der Waals surface area contributed by atoms with Gasteiger partial charge in [0.15, 0.2) is 5.76 Å². The Labute approximate surface area is 96.8 Å². The summed E-state index contributed by atoms with van der Waals surface area (Å²) >= 11 is 1.57. The van der Waals surface area contributed by atoms with E-state index in [1.54, 1.807) is 24.3 Å². The molecule has 2 aromatic rings. The smallest absolute Gasteiger partial charge is 0.303 e. The zero-order chi connectivity index (χ0) is 11.5. The number of carbonyl (C=O) groups is 1. The van der Waals surface area contributed by atoms with Gasteiger partial charge in [-0.2, -0.15) is 0 Å². The SMILES string of the molecule is CC(=O)O[C@H](C)c1cc(-c2cccs2)on1. The van der Waals surface area contributed by atoms with Gasteiger partial charge in [0.2, 0.25) is 0 Å². The van der Waals surface area contributed by atoms with Crippen molar-refractivity contribution in [3.63, 3.8) is 0 Å². The number of hydrogen-bond donors (Lipinski definition) is 0. The van der Waals surface area contributed by atoms with Crippen LogP contribution in [0, 0.1) is 0 Å². The quantitative estimate of drug-likeness (QED) is 0.770. The molecule has 0 aliphatic carbocycles. The maximum atomic E-state index is 10.8. The fourth-order valence-corrected chi connectivity index (χ4v) is 2.00. The van der Waals surface area contributed by atoms with Crippen molar-refractivity contribution in [3.05, 3.63) is 29.3 Å². The number of aromatic nitrogens is 1. The summed E-state index contributed by atoms with van der Waals surface area (Å²) in [6.07, 6.45) is -0.380. The van der Waals surface area contributed by atoms with Crippen LogP contribution in [0.2, 0.25) is 0 Å². The molecule has 5 heteroatoms. The second-order valence-corrected chi connectivity index (χ2v) is 4.29. The van der Waals surface area contributed by atoms with Crippen molar-refractivity contribution in [1.82, 2.24) is 5.16 Å². The average molecular weight is 237 g/mol. The van der Waals surface area contributed by atoms with E-state index in [4.69, 9.17) is 9.26 Å². The Bertz CT molecular complexity index is 475. The number of carbonyl (C=O) groups excluding carboxylic acids is 1. The number of ether oxygens (including phenoxy) is 1. The number of thiophene rings is 1. The highest BCUT2D eigenvalue weighted by atomic mass is 32.1. The summed E-state index contributed by atoms with van der Waals surface area (Å²) in [4.78, 5) is 11.8. The molecule has 0 bridgehead atoms. The molecule has 0 aliphatic rings. The molecule has 0 unspecified atom stereocenters.